The number of pyridine rings is 1. The Balaban J connectivity index is 1.47. The van der Waals surface area contributed by atoms with Crippen molar-refractivity contribution in [2.24, 2.45) is 17.3 Å². The number of aryl methyl sites for hydroxylation is 1. The smallest absolute Gasteiger partial charge is 0.231 e. The normalized spacial score (nSPS) is 35.7. The lowest BCUT2D eigenvalue weighted by atomic mass is 9.46. The van der Waals surface area contributed by atoms with Crippen LogP contribution in [-0.4, -0.2) is 31.1 Å². The molecular weight excluding hydrogens is 316 g/mol. The summed E-state index contributed by atoms with van der Waals surface area (Å²) in [5, 5.41) is 15.5. The van der Waals surface area contributed by atoms with E-state index in [-0.39, 0.29) is 16.9 Å². The van der Waals surface area contributed by atoms with Gasteiger partial charge in [0.05, 0.1) is 11.0 Å². The predicted molar refractivity (Wildman–Crippen MR) is 90.5 cm³/mol. The fourth-order valence-corrected chi connectivity index (χ4v) is 5.95. The van der Waals surface area contributed by atoms with E-state index in [4.69, 9.17) is 0 Å². The molecule has 6 rings (SSSR count). The van der Waals surface area contributed by atoms with Gasteiger partial charge in [-0.1, -0.05) is 0 Å². The molecule has 2 heterocycles. The Hall–Kier alpha value is -2.31. The zero-order valence-electron chi connectivity index (χ0n) is 14.4. The van der Waals surface area contributed by atoms with Crippen LogP contribution in [0.15, 0.2) is 24.7 Å². The number of tetrazole rings is 1. The number of carbonyl (C=O) groups is 1. The highest BCUT2D eigenvalue weighted by Crippen LogP contribution is 2.64. The van der Waals surface area contributed by atoms with E-state index in [0.29, 0.717) is 17.7 Å². The second kappa shape index (κ2) is 5.09. The van der Waals surface area contributed by atoms with Gasteiger partial charge in [-0.05, 0) is 80.2 Å². The quantitative estimate of drug-likeness (QED) is 0.928. The standard InChI is InChI=1S/C18H22N6O/c1-12-2-3-19-15(4-12)22-16(25)17-6-13-5-14(7-17)9-18(8-13,10-17)24-21-11-20-23-24/h2-4,11,13-14H,5-10H2,1H3,(H,19,22,25). The number of anilines is 1. The van der Waals surface area contributed by atoms with E-state index < -0.39 is 0 Å². The van der Waals surface area contributed by atoms with Gasteiger partial charge in [0, 0.05) is 6.20 Å². The summed E-state index contributed by atoms with van der Waals surface area (Å²) in [7, 11) is 0. The Morgan fingerprint density at radius 1 is 1.28 bits per heavy atom. The second-order valence-electron chi connectivity index (χ2n) is 8.36. The third-order valence-corrected chi connectivity index (χ3v) is 6.44. The van der Waals surface area contributed by atoms with Crippen molar-refractivity contribution in [1.29, 1.82) is 0 Å². The fraction of sp³-hybridized carbons (Fsp3) is 0.611. The summed E-state index contributed by atoms with van der Waals surface area (Å²) in [5.41, 5.74) is 0.625. The molecule has 2 aromatic heterocycles. The summed E-state index contributed by atoms with van der Waals surface area (Å²) >= 11 is 0. The van der Waals surface area contributed by atoms with Gasteiger partial charge >= 0.3 is 0 Å². The topological polar surface area (TPSA) is 85.6 Å². The van der Waals surface area contributed by atoms with Crippen molar-refractivity contribution in [2.75, 3.05) is 5.32 Å². The summed E-state index contributed by atoms with van der Waals surface area (Å²) in [5.74, 6) is 1.91. The molecule has 0 spiro atoms. The number of amides is 1. The van der Waals surface area contributed by atoms with E-state index in [1.165, 1.54) is 12.7 Å². The Morgan fingerprint density at radius 2 is 2.08 bits per heavy atom. The van der Waals surface area contributed by atoms with Crippen molar-refractivity contribution in [3.63, 3.8) is 0 Å². The maximum atomic E-state index is 13.3. The number of carbonyl (C=O) groups excluding carboxylic acids is 1. The van der Waals surface area contributed by atoms with Gasteiger partial charge in [0.25, 0.3) is 0 Å². The van der Waals surface area contributed by atoms with Crippen LogP contribution >= 0.6 is 0 Å². The molecule has 1 N–H and O–H groups in total. The first-order valence-corrected chi connectivity index (χ1v) is 9.05. The SMILES string of the molecule is Cc1ccnc(NC(=O)C23CC4CC(C2)CC(n2ncnn2)(C4)C3)c1. The maximum absolute atomic E-state index is 13.3. The highest BCUT2D eigenvalue weighted by Gasteiger charge is 2.62. The second-order valence-corrected chi connectivity index (χ2v) is 8.36. The van der Waals surface area contributed by atoms with Crippen LogP contribution in [0.1, 0.15) is 44.1 Å². The van der Waals surface area contributed by atoms with Crippen molar-refractivity contribution in [3.8, 4) is 0 Å². The van der Waals surface area contributed by atoms with Gasteiger partial charge in [0.1, 0.15) is 5.82 Å². The summed E-state index contributed by atoms with van der Waals surface area (Å²) in [6.07, 6.45) is 9.35. The number of aromatic nitrogens is 5. The zero-order chi connectivity index (χ0) is 17.1. The van der Waals surface area contributed by atoms with Crippen molar-refractivity contribution in [2.45, 2.75) is 51.0 Å². The lowest BCUT2D eigenvalue weighted by Gasteiger charge is -2.60. The molecule has 2 atom stereocenters. The molecule has 4 aliphatic carbocycles. The lowest BCUT2D eigenvalue weighted by molar-refractivity contribution is -0.152. The number of nitrogens with one attached hydrogen (secondary N) is 1. The van der Waals surface area contributed by atoms with Crippen LogP contribution in [-0.2, 0) is 10.3 Å². The van der Waals surface area contributed by atoms with Crippen molar-refractivity contribution < 1.29 is 4.79 Å². The van der Waals surface area contributed by atoms with Crippen LogP contribution in [0.5, 0.6) is 0 Å². The molecule has 0 radical (unpaired) electrons. The van der Waals surface area contributed by atoms with Gasteiger partial charge < -0.3 is 5.32 Å². The highest BCUT2D eigenvalue weighted by atomic mass is 16.2. The zero-order valence-corrected chi connectivity index (χ0v) is 14.4. The van der Waals surface area contributed by atoms with Crippen molar-refractivity contribution in [3.05, 3.63) is 30.2 Å². The van der Waals surface area contributed by atoms with Crippen LogP contribution in [0.25, 0.3) is 0 Å². The highest BCUT2D eigenvalue weighted by molar-refractivity contribution is 5.95. The molecule has 4 bridgehead atoms. The molecule has 0 aromatic carbocycles. The minimum absolute atomic E-state index is 0.115. The average molecular weight is 338 g/mol. The number of hydrogen-bond acceptors (Lipinski definition) is 5. The molecule has 130 valence electrons. The number of rotatable bonds is 3. The number of nitrogens with zero attached hydrogens (tertiary/aromatic N) is 5. The fourth-order valence-electron chi connectivity index (χ4n) is 5.95. The Labute approximate surface area is 146 Å². The van der Waals surface area contributed by atoms with E-state index in [0.717, 1.165) is 37.7 Å². The van der Waals surface area contributed by atoms with Gasteiger partial charge in [-0.3, -0.25) is 4.79 Å². The first-order chi connectivity index (χ1) is 12.1. The lowest BCUT2D eigenvalue weighted by Crippen LogP contribution is -2.60. The summed E-state index contributed by atoms with van der Waals surface area (Å²) in [6, 6.07) is 3.86. The average Bonchev–Trinajstić information content (AvgIpc) is 3.09. The first-order valence-electron chi connectivity index (χ1n) is 9.05. The largest absolute Gasteiger partial charge is 0.310 e. The molecule has 4 saturated carbocycles. The van der Waals surface area contributed by atoms with Crippen LogP contribution in [0.3, 0.4) is 0 Å². The number of hydrogen-bond donors (Lipinski definition) is 1. The Bertz CT molecular complexity index is 803. The third kappa shape index (κ3) is 2.28. The molecule has 4 fully saturated rings. The molecular formula is C18H22N6O. The summed E-state index contributed by atoms with van der Waals surface area (Å²) < 4.78 is 0. The molecule has 7 heteroatoms. The molecule has 0 saturated heterocycles. The molecule has 7 nitrogen and oxygen atoms in total. The predicted octanol–water partition coefficient (Wildman–Crippen LogP) is 2.31. The molecule has 2 unspecified atom stereocenters. The minimum Gasteiger partial charge on any atom is -0.310 e. The van der Waals surface area contributed by atoms with Crippen LogP contribution in [0, 0.1) is 24.2 Å². The Kier molecular flexibility index (Phi) is 3.05. The van der Waals surface area contributed by atoms with Gasteiger partial charge in [0.2, 0.25) is 5.91 Å². The van der Waals surface area contributed by atoms with E-state index in [1.807, 2.05) is 19.1 Å². The Morgan fingerprint density at radius 3 is 2.76 bits per heavy atom. The minimum atomic E-state index is -0.330. The van der Waals surface area contributed by atoms with Crippen molar-refractivity contribution >= 4 is 11.7 Å². The summed E-state index contributed by atoms with van der Waals surface area (Å²) in [4.78, 5) is 19.4. The molecule has 2 aromatic rings. The monoisotopic (exact) mass is 338 g/mol. The third-order valence-electron chi connectivity index (χ3n) is 6.44. The van der Waals surface area contributed by atoms with Gasteiger partial charge in [0.15, 0.2) is 6.33 Å². The van der Waals surface area contributed by atoms with E-state index in [2.05, 4.69) is 25.7 Å². The van der Waals surface area contributed by atoms with E-state index >= 15 is 0 Å². The van der Waals surface area contributed by atoms with Crippen LogP contribution < -0.4 is 5.32 Å². The van der Waals surface area contributed by atoms with E-state index in [9.17, 15) is 4.79 Å². The molecule has 25 heavy (non-hydrogen) atoms. The molecule has 0 aliphatic heterocycles. The van der Waals surface area contributed by atoms with Crippen molar-refractivity contribution in [1.82, 2.24) is 25.2 Å². The molecule has 1 amide bonds. The van der Waals surface area contributed by atoms with Gasteiger partial charge in [-0.15, -0.1) is 10.2 Å². The van der Waals surface area contributed by atoms with Gasteiger partial charge in [-0.25, -0.2) is 4.98 Å². The maximum Gasteiger partial charge on any atom is 0.231 e. The van der Waals surface area contributed by atoms with Crippen LogP contribution in [0.4, 0.5) is 5.82 Å². The summed E-state index contributed by atoms with van der Waals surface area (Å²) in [6.45, 7) is 2.01. The van der Waals surface area contributed by atoms with E-state index in [1.54, 1.807) is 11.0 Å². The van der Waals surface area contributed by atoms with Gasteiger partial charge in [-0.2, -0.15) is 4.80 Å². The van der Waals surface area contributed by atoms with Crippen LogP contribution in [0.2, 0.25) is 0 Å². The first kappa shape index (κ1) is 15.0. The molecule has 4 aliphatic rings.